The van der Waals surface area contributed by atoms with Gasteiger partial charge in [0.15, 0.2) is 6.29 Å². The molecule has 0 saturated heterocycles. The number of carboxylic acids is 1. The first-order valence-corrected chi connectivity index (χ1v) is 22.2. The summed E-state index contributed by atoms with van der Waals surface area (Å²) in [5, 5.41) is 46.4. The van der Waals surface area contributed by atoms with Gasteiger partial charge in [-0.15, -0.1) is 0 Å². The zero-order valence-electron chi connectivity index (χ0n) is 34.1. The van der Waals surface area contributed by atoms with Gasteiger partial charge >= 0.3 is 5.97 Å². The maximum atomic E-state index is 13.9. The molecule has 7 heteroatoms. The molecule has 2 bridgehead atoms. The van der Waals surface area contributed by atoms with Crippen molar-refractivity contribution in [3.8, 4) is 5.75 Å². The Hall–Kier alpha value is -4.56. The average molecular weight is 796 g/mol. The normalized spacial score (nSPS) is 30.0. The van der Waals surface area contributed by atoms with Gasteiger partial charge < -0.3 is 31.0 Å². The predicted molar refractivity (Wildman–Crippen MR) is 233 cm³/mol. The Morgan fingerprint density at radius 3 is 2.44 bits per heavy atom. The molecule has 310 valence electrons. The number of fused-ring (bicyclic) bond motifs is 3. The van der Waals surface area contributed by atoms with Crippen LogP contribution >= 0.6 is 0 Å². The number of hydrogen-bond donors (Lipinski definition) is 5. The average Bonchev–Trinajstić information content (AvgIpc) is 3.69. The van der Waals surface area contributed by atoms with Crippen molar-refractivity contribution in [2.45, 2.75) is 94.7 Å². The first-order valence-electron chi connectivity index (χ1n) is 22.2. The van der Waals surface area contributed by atoms with Gasteiger partial charge in [-0.1, -0.05) is 122 Å². The third-order valence-corrected chi connectivity index (χ3v) is 15.0. The number of aliphatic hydroxyl groups excluding tert-OH is 1. The minimum absolute atomic E-state index is 0.0325. The fraction of sp³-hybridized carbons (Fsp3) is 0.462. The number of carbonyl (C=O) groups excluding carboxylic acids is 1. The van der Waals surface area contributed by atoms with Gasteiger partial charge in [0, 0.05) is 17.3 Å². The lowest BCUT2D eigenvalue weighted by atomic mass is 9.47. The van der Waals surface area contributed by atoms with E-state index in [0.29, 0.717) is 25.3 Å². The first-order chi connectivity index (χ1) is 28.7. The molecule has 1 spiro atoms. The number of unbranched alkanes of at least 4 members (excludes halogenated alkanes) is 2. The van der Waals surface area contributed by atoms with E-state index in [9.17, 15) is 30.0 Å². The number of aldehydes is 1. The monoisotopic (exact) mass is 795 g/mol. The Balaban J connectivity index is 1.13. The maximum absolute atomic E-state index is 13.9. The number of hydrogen-bond acceptors (Lipinski definition) is 6. The van der Waals surface area contributed by atoms with Crippen LogP contribution in [0.4, 0.5) is 0 Å². The Morgan fingerprint density at radius 2 is 1.71 bits per heavy atom. The molecule has 6 N–H and O–H groups in total. The number of carbonyl (C=O) groups is 2. The van der Waals surface area contributed by atoms with Gasteiger partial charge in [0.05, 0.1) is 5.92 Å². The zero-order valence-corrected chi connectivity index (χ0v) is 34.1. The van der Waals surface area contributed by atoms with Crippen molar-refractivity contribution < 1.29 is 30.0 Å². The number of aliphatic hydroxyl groups is 2. The molecule has 10 atom stereocenters. The molecule has 1 saturated carbocycles. The van der Waals surface area contributed by atoms with Gasteiger partial charge in [0.25, 0.3) is 0 Å². The van der Waals surface area contributed by atoms with E-state index in [1.54, 1.807) is 18.2 Å². The van der Waals surface area contributed by atoms with Crippen LogP contribution in [0.1, 0.15) is 98.8 Å². The molecule has 59 heavy (non-hydrogen) atoms. The molecule has 8 rings (SSSR count). The van der Waals surface area contributed by atoms with Gasteiger partial charge in [0.1, 0.15) is 12.0 Å². The Labute approximate surface area is 348 Å². The maximum Gasteiger partial charge on any atom is 0.308 e. The van der Waals surface area contributed by atoms with E-state index < -0.39 is 29.5 Å². The summed E-state index contributed by atoms with van der Waals surface area (Å²) in [6.07, 6.45) is 24.9. The molecule has 0 radical (unpaired) electrons. The zero-order chi connectivity index (χ0) is 41.1. The molecule has 0 aliphatic heterocycles. The van der Waals surface area contributed by atoms with E-state index in [1.807, 2.05) is 24.3 Å². The van der Waals surface area contributed by atoms with Crippen LogP contribution in [-0.4, -0.2) is 45.5 Å². The summed E-state index contributed by atoms with van der Waals surface area (Å²) < 4.78 is 0. The number of carboxylic acid groups (broad SMARTS) is 1. The Bertz CT molecular complexity index is 2200. The standard InChI is InChI=1S/C52H61NO6/c53-24-23-33-13-16-40(25-33)41(32-54)10-3-1-2-7-35-11-6-12-46(50(56)57)49(51(58)59)52-31-43-29-39-9-5-4-8-38(39)28-42(43)30-44(52)20-17-37-15-14-34(27-48(37)52)26-47(35)36-18-21-45(55)22-19-36/h4-6,8-9,12,14-15,17-22,25,27-29,32,35,40-44,46-47,49-50,55-57H,1-3,7,10-11,13,16,23-24,26,30-31,53H2,(H,58,59)/t35-,40+,41+,42+,43+,44-,46-,47+,49+,52-/m0/s1. The van der Waals surface area contributed by atoms with Crippen LogP contribution in [0.5, 0.6) is 5.75 Å². The van der Waals surface area contributed by atoms with Crippen LogP contribution in [0.15, 0.2) is 96.6 Å². The molecular weight excluding hydrogens is 735 g/mol. The van der Waals surface area contributed by atoms with Crippen LogP contribution in [0.2, 0.25) is 0 Å². The van der Waals surface area contributed by atoms with Gasteiger partial charge in [-0.3, -0.25) is 4.79 Å². The molecule has 3 aromatic rings. The predicted octanol–water partition coefficient (Wildman–Crippen LogP) is 7.55. The van der Waals surface area contributed by atoms with Crippen LogP contribution < -0.4 is 16.2 Å². The number of phenolic OH excluding ortho intramolecular Hbond substituents is 1. The summed E-state index contributed by atoms with van der Waals surface area (Å²) in [6.45, 7) is 0.646. The summed E-state index contributed by atoms with van der Waals surface area (Å²) >= 11 is 0. The lowest BCUT2D eigenvalue weighted by molar-refractivity contribution is -0.159. The highest BCUT2D eigenvalue weighted by molar-refractivity contribution is 5.76. The van der Waals surface area contributed by atoms with E-state index in [2.05, 4.69) is 66.8 Å². The lowest BCUT2D eigenvalue weighted by Gasteiger charge is -2.55. The molecule has 1 fully saturated rings. The molecule has 5 aliphatic rings. The number of allylic oxidation sites excluding steroid dienone is 3. The second-order valence-electron chi connectivity index (χ2n) is 18.3. The smallest absolute Gasteiger partial charge is 0.308 e. The number of aromatic hydroxyl groups is 1. The number of rotatable bonds is 13. The largest absolute Gasteiger partial charge is 0.508 e. The number of phenols is 1. The van der Waals surface area contributed by atoms with E-state index >= 15 is 0 Å². The van der Waals surface area contributed by atoms with E-state index in [-0.39, 0.29) is 41.3 Å². The molecule has 7 nitrogen and oxygen atoms in total. The summed E-state index contributed by atoms with van der Waals surface area (Å²) in [4.78, 5) is 26.1. The SMILES string of the molecule is NCCC1=C[C@H]([C@@H](C=O)CCCCC[C@H]2CC=C[C@H](C(O)O)[C@H](C(=O)O)[C@@]34C[C@H]5C=c6ccccc6=C[C@@H]5C[C@@H]3C=Cc3ccc(cc34)C[C@H]2c2ccc(O)cc2)CC1. The highest BCUT2D eigenvalue weighted by Gasteiger charge is 2.58. The molecule has 0 amide bonds. The topological polar surface area (TPSA) is 141 Å². The highest BCUT2D eigenvalue weighted by Crippen LogP contribution is 2.59. The summed E-state index contributed by atoms with van der Waals surface area (Å²) in [5.74, 6) is -2.07. The molecule has 0 heterocycles. The second kappa shape index (κ2) is 18.0. The van der Waals surface area contributed by atoms with Gasteiger partial charge in [-0.05, 0) is 145 Å². The van der Waals surface area contributed by atoms with Crippen molar-refractivity contribution in [2.75, 3.05) is 6.54 Å². The fourth-order valence-corrected chi connectivity index (χ4v) is 12.0. The number of aliphatic carboxylic acids is 1. The number of benzene rings is 3. The van der Waals surface area contributed by atoms with Gasteiger partial charge in [-0.2, -0.15) is 0 Å². The summed E-state index contributed by atoms with van der Waals surface area (Å²) in [7, 11) is 0. The van der Waals surface area contributed by atoms with Crippen LogP contribution in [-0.2, 0) is 21.4 Å². The van der Waals surface area contributed by atoms with Crippen LogP contribution in [0, 0.1) is 47.3 Å². The molecule has 3 aromatic carbocycles. The Kier molecular flexibility index (Phi) is 12.5. The summed E-state index contributed by atoms with van der Waals surface area (Å²) in [5.41, 5.74) is 10.6. The van der Waals surface area contributed by atoms with Crippen molar-refractivity contribution in [3.05, 3.63) is 129 Å². The van der Waals surface area contributed by atoms with Crippen LogP contribution in [0.3, 0.4) is 0 Å². The number of nitrogens with two attached hydrogens (primary N) is 1. The quantitative estimate of drug-likeness (QED) is 0.0521. The van der Waals surface area contributed by atoms with E-state index in [1.165, 1.54) is 10.8 Å². The molecule has 0 unspecified atom stereocenters. The van der Waals surface area contributed by atoms with E-state index in [0.717, 1.165) is 98.0 Å². The second-order valence-corrected chi connectivity index (χ2v) is 18.3. The molecule has 5 aliphatic carbocycles. The van der Waals surface area contributed by atoms with Crippen molar-refractivity contribution >= 4 is 30.5 Å². The van der Waals surface area contributed by atoms with Crippen LogP contribution in [0.25, 0.3) is 18.2 Å². The highest BCUT2D eigenvalue weighted by atomic mass is 16.5. The third kappa shape index (κ3) is 8.44. The fourth-order valence-electron chi connectivity index (χ4n) is 12.0. The van der Waals surface area contributed by atoms with Crippen molar-refractivity contribution in [1.82, 2.24) is 0 Å². The minimum atomic E-state index is -1.86. The van der Waals surface area contributed by atoms with Gasteiger partial charge in [-0.25, -0.2) is 0 Å². The summed E-state index contributed by atoms with van der Waals surface area (Å²) in [6, 6.07) is 22.6. The van der Waals surface area contributed by atoms with Crippen molar-refractivity contribution in [3.63, 3.8) is 0 Å². The molecular formula is C52H61NO6. The first kappa shape index (κ1) is 41.2. The molecule has 0 aromatic heterocycles. The van der Waals surface area contributed by atoms with Gasteiger partial charge in [0.2, 0.25) is 0 Å². The lowest BCUT2D eigenvalue weighted by Crippen LogP contribution is -2.56. The van der Waals surface area contributed by atoms with Crippen molar-refractivity contribution in [1.29, 1.82) is 0 Å². The Morgan fingerprint density at radius 1 is 0.932 bits per heavy atom. The van der Waals surface area contributed by atoms with Crippen molar-refractivity contribution in [2.24, 2.45) is 53.1 Å². The minimum Gasteiger partial charge on any atom is -0.508 e. The third-order valence-electron chi connectivity index (χ3n) is 15.0. The van der Waals surface area contributed by atoms with E-state index in [4.69, 9.17) is 5.73 Å².